The molecule has 0 saturated carbocycles. The van der Waals surface area contributed by atoms with Crippen molar-refractivity contribution >= 4 is 0 Å². The van der Waals surface area contributed by atoms with Gasteiger partial charge in [0.25, 0.3) is 0 Å². The molecule has 2 atom stereocenters. The summed E-state index contributed by atoms with van der Waals surface area (Å²) in [6.07, 6.45) is 7.07. The summed E-state index contributed by atoms with van der Waals surface area (Å²) in [5.74, 6) is -0.922. The quantitative estimate of drug-likeness (QED) is 0.423. The maximum Gasteiger partial charge on any atom is 0.217 e. The SMILES string of the molecule is O.O.OC12C=CC=CC1O2. The van der Waals surface area contributed by atoms with Crippen molar-refractivity contribution in [1.82, 2.24) is 0 Å². The van der Waals surface area contributed by atoms with Crippen LogP contribution in [0.1, 0.15) is 0 Å². The average Bonchev–Trinajstić information content (AvgIpc) is 2.39. The second-order valence-electron chi connectivity index (χ2n) is 2.03. The molecule has 0 spiro atoms. The van der Waals surface area contributed by atoms with Gasteiger partial charge in [-0.25, -0.2) is 0 Å². The molecule has 5 N–H and O–H groups in total. The number of fused-ring (bicyclic) bond motifs is 1. The van der Waals surface area contributed by atoms with Gasteiger partial charge in [-0.3, -0.25) is 0 Å². The first-order valence-corrected chi connectivity index (χ1v) is 2.57. The van der Waals surface area contributed by atoms with Gasteiger partial charge in [0.05, 0.1) is 0 Å². The van der Waals surface area contributed by atoms with E-state index in [0.717, 1.165) is 0 Å². The van der Waals surface area contributed by atoms with Gasteiger partial charge >= 0.3 is 0 Å². The molecular weight excluding hydrogens is 136 g/mol. The van der Waals surface area contributed by atoms with Crippen LogP contribution in [0.15, 0.2) is 24.3 Å². The summed E-state index contributed by atoms with van der Waals surface area (Å²) in [5.41, 5.74) is 0. The lowest BCUT2D eigenvalue weighted by atomic mass is 10.1. The number of hydrogen-bond donors (Lipinski definition) is 1. The number of ether oxygens (including phenoxy) is 1. The summed E-state index contributed by atoms with van der Waals surface area (Å²) in [5, 5.41) is 9.09. The van der Waals surface area contributed by atoms with E-state index in [2.05, 4.69) is 0 Å². The highest BCUT2D eigenvalue weighted by Gasteiger charge is 2.52. The predicted molar refractivity (Wildman–Crippen MR) is 35.3 cm³/mol. The summed E-state index contributed by atoms with van der Waals surface area (Å²) in [4.78, 5) is 0. The van der Waals surface area contributed by atoms with Gasteiger partial charge in [-0.05, 0) is 6.08 Å². The van der Waals surface area contributed by atoms with E-state index in [9.17, 15) is 0 Å². The third-order valence-corrected chi connectivity index (χ3v) is 1.40. The molecule has 4 nitrogen and oxygen atoms in total. The van der Waals surface area contributed by atoms with E-state index in [0.29, 0.717) is 0 Å². The molecule has 2 aliphatic rings. The molecule has 1 fully saturated rings. The zero-order valence-electron chi connectivity index (χ0n) is 5.24. The van der Waals surface area contributed by atoms with Crippen LogP contribution in [0.2, 0.25) is 0 Å². The topological polar surface area (TPSA) is 95.8 Å². The zero-order valence-corrected chi connectivity index (χ0v) is 5.24. The van der Waals surface area contributed by atoms with Gasteiger partial charge in [-0.15, -0.1) is 0 Å². The molecule has 0 aromatic rings. The van der Waals surface area contributed by atoms with E-state index >= 15 is 0 Å². The standard InChI is InChI=1S/C6H6O2.2H2O/c7-6-4-2-1-3-5(6)8-6;;/h1-5,7H;2*1H2. The number of aliphatic hydroxyl groups is 1. The van der Waals surface area contributed by atoms with Crippen molar-refractivity contribution < 1.29 is 20.8 Å². The highest BCUT2D eigenvalue weighted by molar-refractivity contribution is 5.26. The maximum absolute atomic E-state index is 9.09. The Morgan fingerprint density at radius 1 is 1.30 bits per heavy atom. The molecule has 0 aromatic heterocycles. The molecule has 2 unspecified atom stereocenters. The molecule has 0 radical (unpaired) electrons. The first-order chi connectivity index (χ1) is 3.81. The number of rotatable bonds is 0. The molecule has 1 aliphatic carbocycles. The van der Waals surface area contributed by atoms with Crippen LogP contribution in [-0.4, -0.2) is 27.9 Å². The molecule has 10 heavy (non-hydrogen) atoms. The summed E-state index contributed by atoms with van der Waals surface area (Å²) >= 11 is 0. The monoisotopic (exact) mass is 146 g/mol. The van der Waals surface area contributed by atoms with Crippen LogP contribution < -0.4 is 0 Å². The lowest BCUT2D eigenvalue weighted by molar-refractivity contribution is 0.0826. The van der Waals surface area contributed by atoms with Gasteiger partial charge in [0, 0.05) is 0 Å². The lowest BCUT2D eigenvalue weighted by Gasteiger charge is -1.95. The largest absolute Gasteiger partial charge is 0.412 e. The van der Waals surface area contributed by atoms with Gasteiger partial charge in [0.1, 0.15) is 6.10 Å². The molecule has 2 rings (SSSR count). The minimum Gasteiger partial charge on any atom is -0.412 e. The second-order valence-corrected chi connectivity index (χ2v) is 2.03. The number of hydrogen-bond acceptors (Lipinski definition) is 2. The van der Waals surface area contributed by atoms with Crippen molar-refractivity contribution in [1.29, 1.82) is 0 Å². The van der Waals surface area contributed by atoms with Crippen LogP contribution in [0, 0.1) is 0 Å². The minimum atomic E-state index is -0.922. The van der Waals surface area contributed by atoms with Crippen LogP contribution in [0.25, 0.3) is 0 Å². The van der Waals surface area contributed by atoms with E-state index in [1.807, 2.05) is 12.2 Å². The molecule has 0 aromatic carbocycles. The maximum atomic E-state index is 9.09. The first-order valence-electron chi connectivity index (χ1n) is 2.57. The number of allylic oxidation sites excluding steroid dienone is 2. The van der Waals surface area contributed by atoms with Gasteiger partial charge in [0.15, 0.2) is 0 Å². The summed E-state index contributed by atoms with van der Waals surface area (Å²) in [6.45, 7) is 0. The highest BCUT2D eigenvalue weighted by atomic mass is 16.7. The third kappa shape index (κ3) is 1.10. The molecule has 1 heterocycles. The Morgan fingerprint density at radius 2 is 2.00 bits per heavy atom. The molecule has 0 amide bonds. The van der Waals surface area contributed by atoms with Gasteiger partial charge in [0.2, 0.25) is 5.79 Å². The van der Waals surface area contributed by atoms with Gasteiger partial charge in [-0.2, -0.15) is 0 Å². The van der Waals surface area contributed by atoms with Crippen LogP contribution in [-0.2, 0) is 4.74 Å². The van der Waals surface area contributed by atoms with Crippen molar-refractivity contribution in [2.45, 2.75) is 11.9 Å². The van der Waals surface area contributed by atoms with E-state index < -0.39 is 5.79 Å². The number of epoxide rings is 1. The zero-order chi connectivity index (χ0) is 5.61. The molecular formula is C6H10O4. The van der Waals surface area contributed by atoms with Crippen molar-refractivity contribution in [2.75, 3.05) is 0 Å². The fraction of sp³-hybridized carbons (Fsp3) is 0.333. The molecule has 4 heteroatoms. The minimum absolute atomic E-state index is 0. The Balaban J connectivity index is 0.000000405. The fourth-order valence-corrected chi connectivity index (χ4v) is 0.839. The van der Waals surface area contributed by atoms with Crippen LogP contribution in [0.3, 0.4) is 0 Å². The van der Waals surface area contributed by atoms with E-state index in [1.54, 1.807) is 12.2 Å². The normalized spacial score (nSPS) is 39.1. The molecule has 0 bridgehead atoms. The van der Waals surface area contributed by atoms with E-state index in [-0.39, 0.29) is 17.1 Å². The van der Waals surface area contributed by atoms with E-state index in [4.69, 9.17) is 9.84 Å². The van der Waals surface area contributed by atoms with E-state index in [1.165, 1.54) is 0 Å². The summed E-state index contributed by atoms with van der Waals surface area (Å²) in [7, 11) is 0. The third-order valence-electron chi connectivity index (χ3n) is 1.40. The Hall–Kier alpha value is -0.680. The Labute approximate surface area is 58.0 Å². The van der Waals surface area contributed by atoms with Crippen molar-refractivity contribution in [3.63, 3.8) is 0 Å². The molecule has 1 saturated heterocycles. The average molecular weight is 146 g/mol. The lowest BCUT2D eigenvalue weighted by Crippen LogP contribution is -2.09. The van der Waals surface area contributed by atoms with Gasteiger partial charge < -0.3 is 20.8 Å². The fourth-order valence-electron chi connectivity index (χ4n) is 0.839. The Kier molecular flexibility index (Phi) is 2.34. The van der Waals surface area contributed by atoms with Crippen molar-refractivity contribution in [3.05, 3.63) is 24.3 Å². The van der Waals surface area contributed by atoms with Crippen molar-refractivity contribution in [3.8, 4) is 0 Å². The van der Waals surface area contributed by atoms with Crippen molar-refractivity contribution in [2.24, 2.45) is 0 Å². The van der Waals surface area contributed by atoms with Crippen LogP contribution in [0.4, 0.5) is 0 Å². The second kappa shape index (κ2) is 2.51. The molecule has 58 valence electrons. The highest BCUT2D eigenvalue weighted by Crippen LogP contribution is 2.37. The molecule has 1 aliphatic heterocycles. The van der Waals surface area contributed by atoms with Crippen LogP contribution in [0.5, 0.6) is 0 Å². The first kappa shape index (κ1) is 9.32. The summed E-state index contributed by atoms with van der Waals surface area (Å²) < 4.78 is 4.85. The predicted octanol–water partition coefficient (Wildman–Crippen LogP) is -1.45. The Bertz CT molecular complexity index is 175. The van der Waals surface area contributed by atoms with Gasteiger partial charge in [-0.1, -0.05) is 18.2 Å². The van der Waals surface area contributed by atoms with Crippen LogP contribution >= 0.6 is 0 Å². The smallest absolute Gasteiger partial charge is 0.217 e. The Morgan fingerprint density at radius 3 is 2.40 bits per heavy atom. The summed E-state index contributed by atoms with van der Waals surface area (Å²) in [6, 6.07) is 0.